The van der Waals surface area contributed by atoms with Gasteiger partial charge in [-0.15, -0.1) is 0 Å². The van der Waals surface area contributed by atoms with Gasteiger partial charge in [0.05, 0.1) is 13.2 Å². The van der Waals surface area contributed by atoms with Crippen LogP contribution in [0.2, 0.25) is 0 Å². The Morgan fingerprint density at radius 3 is 2.95 bits per heavy atom. The summed E-state index contributed by atoms with van der Waals surface area (Å²) in [5.74, 6) is 0. The van der Waals surface area contributed by atoms with Crippen LogP contribution in [0.25, 0.3) is 0 Å². The fourth-order valence-electron chi connectivity index (χ4n) is 1.87. The molecule has 5 nitrogen and oxygen atoms in total. The van der Waals surface area contributed by atoms with E-state index in [9.17, 15) is 4.79 Å². The molecule has 1 saturated heterocycles. The van der Waals surface area contributed by atoms with Crippen LogP contribution in [0.1, 0.15) is 12.0 Å². The maximum absolute atomic E-state index is 10.8. The number of amides is 1. The Bertz CT molecular complexity index is 384. The predicted octanol–water partition coefficient (Wildman–Crippen LogP) is 1.29. The quantitative estimate of drug-likeness (QED) is 0.695. The number of benzene rings is 1. The monoisotopic (exact) mass is 264 g/mol. The van der Waals surface area contributed by atoms with Crippen LogP contribution in [0.4, 0.5) is 4.79 Å². The van der Waals surface area contributed by atoms with Crippen molar-refractivity contribution in [2.75, 3.05) is 26.3 Å². The van der Waals surface area contributed by atoms with E-state index in [1.165, 1.54) is 5.56 Å². The lowest BCUT2D eigenvalue weighted by Crippen LogP contribution is -2.22. The summed E-state index contributed by atoms with van der Waals surface area (Å²) < 4.78 is 10.4. The summed E-state index contributed by atoms with van der Waals surface area (Å²) in [6.45, 7) is 3.49. The Kier molecular flexibility index (Phi) is 5.65. The Labute approximate surface area is 113 Å². The smallest absolute Gasteiger partial charge is 0.407 e. The highest BCUT2D eigenvalue weighted by molar-refractivity contribution is 5.69. The molecule has 19 heavy (non-hydrogen) atoms. The lowest BCUT2D eigenvalue weighted by molar-refractivity contribution is 0.0451. The van der Waals surface area contributed by atoms with Gasteiger partial charge in [0.1, 0.15) is 6.10 Å². The Hall–Kier alpha value is -1.59. The van der Waals surface area contributed by atoms with E-state index in [0.717, 1.165) is 19.5 Å². The highest BCUT2D eigenvalue weighted by Crippen LogP contribution is 2.00. The second-order valence-corrected chi connectivity index (χ2v) is 4.50. The van der Waals surface area contributed by atoms with Crippen LogP contribution in [0.3, 0.4) is 0 Å². The van der Waals surface area contributed by atoms with Crippen LogP contribution in [0.5, 0.6) is 0 Å². The number of alkyl carbamates (subject to hydrolysis) is 1. The number of hydrogen-bond donors (Lipinski definition) is 2. The molecule has 0 aromatic heterocycles. The molecule has 0 radical (unpaired) electrons. The third-order valence-electron chi connectivity index (χ3n) is 2.87. The van der Waals surface area contributed by atoms with E-state index in [-0.39, 0.29) is 12.2 Å². The summed E-state index contributed by atoms with van der Waals surface area (Å²) in [7, 11) is 0. The van der Waals surface area contributed by atoms with Crippen molar-refractivity contribution in [3.63, 3.8) is 0 Å². The van der Waals surface area contributed by atoms with Gasteiger partial charge in [-0.2, -0.15) is 0 Å². The number of nitrogens with one attached hydrogen (secondary N) is 2. The molecule has 1 unspecified atom stereocenters. The molecule has 104 valence electrons. The molecule has 1 aromatic carbocycles. The molecule has 1 aliphatic rings. The van der Waals surface area contributed by atoms with Crippen molar-refractivity contribution in [2.24, 2.45) is 0 Å². The molecule has 2 N–H and O–H groups in total. The topological polar surface area (TPSA) is 59.6 Å². The van der Waals surface area contributed by atoms with Crippen LogP contribution in [-0.4, -0.2) is 38.5 Å². The van der Waals surface area contributed by atoms with Crippen molar-refractivity contribution >= 4 is 6.09 Å². The fourth-order valence-corrected chi connectivity index (χ4v) is 1.87. The van der Waals surface area contributed by atoms with Crippen molar-refractivity contribution < 1.29 is 14.3 Å². The van der Waals surface area contributed by atoms with Crippen LogP contribution in [0.15, 0.2) is 30.3 Å². The largest absolute Gasteiger partial charge is 0.442 e. The number of rotatable bonds is 8. The molecule has 1 aromatic rings. The van der Waals surface area contributed by atoms with E-state index >= 15 is 0 Å². The average Bonchev–Trinajstić information content (AvgIpc) is 2.85. The number of cyclic esters (lactones) is 1. The fraction of sp³-hybridized carbons (Fsp3) is 0.500. The van der Waals surface area contributed by atoms with E-state index < -0.39 is 0 Å². The summed E-state index contributed by atoms with van der Waals surface area (Å²) in [5, 5.41) is 5.95. The van der Waals surface area contributed by atoms with Gasteiger partial charge in [-0.3, -0.25) is 0 Å². The van der Waals surface area contributed by atoms with Gasteiger partial charge in [0, 0.05) is 13.2 Å². The minimum Gasteiger partial charge on any atom is -0.442 e. The first-order valence-electron chi connectivity index (χ1n) is 6.61. The van der Waals surface area contributed by atoms with Gasteiger partial charge in [-0.05, 0) is 18.5 Å². The molecule has 0 saturated carbocycles. The second kappa shape index (κ2) is 7.76. The van der Waals surface area contributed by atoms with E-state index in [1.54, 1.807) is 0 Å². The van der Waals surface area contributed by atoms with Gasteiger partial charge < -0.3 is 20.1 Å². The maximum atomic E-state index is 10.8. The lowest BCUT2D eigenvalue weighted by Gasteiger charge is -2.09. The number of ether oxygens (including phenoxy) is 2. The second-order valence-electron chi connectivity index (χ2n) is 4.50. The molecular weight excluding hydrogens is 244 g/mol. The summed E-state index contributed by atoms with van der Waals surface area (Å²) >= 11 is 0. The standard InChI is InChI=1S/C14H20N2O3/c17-14-16-10-13(19-14)11-18-8-4-7-15-9-12-5-2-1-3-6-12/h1-3,5-6,13,15H,4,7-11H2,(H,16,17). The number of carbonyl (C=O) groups is 1. The highest BCUT2D eigenvalue weighted by atomic mass is 16.6. The van der Waals surface area contributed by atoms with E-state index in [0.29, 0.717) is 19.8 Å². The van der Waals surface area contributed by atoms with Gasteiger partial charge in [0.25, 0.3) is 0 Å². The van der Waals surface area contributed by atoms with Gasteiger partial charge >= 0.3 is 6.09 Å². The third-order valence-corrected chi connectivity index (χ3v) is 2.87. The molecular formula is C14H20N2O3. The third kappa shape index (κ3) is 5.28. The molecule has 1 fully saturated rings. The van der Waals surface area contributed by atoms with Gasteiger partial charge in [0.15, 0.2) is 0 Å². The lowest BCUT2D eigenvalue weighted by atomic mass is 10.2. The molecule has 1 atom stereocenters. The van der Waals surface area contributed by atoms with Crippen LogP contribution >= 0.6 is 0 Å². The van der Waals surface area contributed by atoms with E-state index in [4.69, 9.17) is 9.47 Å². The van der Waals surface area contributed by atoms with Crippen molar-refractivity contribution in [3.8, 4) is 0 Å². The van der Waals surface area contributed by atoms with Crippen LogP contribution in [0, 0.1) is 0 Å². The molecule has 0 spiro atoms. The zero-order chi connectivity index (χ0) is 13.3. The molecule has 0 aliphatic carbocycles. The van der Waals surface area contributed by atoms with Gasteiger partial charge in [-0.1, -0.05) is 30.3 Å². The minimum absolute atomic E-state index is 0.134. The molecule has 1 aliphatic heterocycles. The average molecular weight is 264 g/mol. The van der Waals surface area contributed by atoms with Crippen molar-refractivity contribution in [2.45, 2.75) is 19.1 Å². The first-order valence-corrected chi connectivity index (χ1v) is 6.61. The Morgan fingerprint density at radius 2 is 2.21 bits per heavy atom. The first-order chi connectivity index (χ1) is 9.34. The van der Waals surface area contributed by atoms with Crippen LogP contribution < -0.4 is 10.6 Å². The number of hydrogen-bond acceptors (Lipinski definition) is 4. The van der Waals surface area contributed by atoms with Crippen molar-refractivity contribution in [3.05, 3.63) is 35.9 Å². The predicted molar refractivity (Wildman–Crippen MR) is 71.9 cm³/mol. The molecule has 0 bridgehead atoms. The van der Waals surface area contributed by atoms with Gasteiger partial charge in [-0.25, -0.2) is 4.79 Å². The van der Waals surface area contributed by atoms with Gasteiger partial charge in [0.2, 0.25) is 0 Å². The normalized spacial score (nSPS) is 18.1. The maximum Gasteiger partial charge on any atom is 0.407 e. The molecule has 1 heterocycles. The summed E-state index contributed by atoms with van der Waals surface area (Å²) in [6.07, 6.45) is 0.462. The summed E-state index contributed by atoms with van der Waals surface area (Å²) in [5.41, 5.74) is 1.28. The van der Waals surface area contributed by atoms with Crippen LogP contribution in [-0.2, 0) is 16.0 Å². The molecule has 2 rings (SSSR count). The zero-order valence-corrected chi connectivity index (χ0v) is 10.9. The minimum atomic E-state index is -0.349. The Balaban J connectivity index is 1.43. The molecule has 1 amide bonds. The Morgan fingerprint density at radius 1 is 1.37 bits per heavy atom. The summed E-state index contributed by atoms with van der Waals surface area (Å²) in [6, 6.07) is 10.3. The first kappa shape index (κ1) is 13.8. The number of carbonyl (C=O) groups excluding carboxylic acids is 1. The van der Waals surface area contributed by atoms with E-state index in [1.807, 2.05) is 18.2 Å². The zero-order valence-electron chi connectivity index (χ0n) is 10.9. The highest BCUT2D eigenvalue weighted by Gasteiger charge is 2.21. The SMILES string of the molecule is O=C1NCC(COCCCNCc2ccccc2)O1. The van der Waals surface area contributed by atoms with Crippen molar-refractivity contribution in [1.29, 1.82) is 0 Å². The molecule has 5 heteroatoms. The summed E-state index contributed by atoms with van der Waals surface area (Å²) in [4.78, 5) is 10.8. The van der Waals surface area contributed by atoms with Crippen molar-refractivity contribution in [1.82, 2.24) is 10.6 Å². The van der Waals surface area contributed by atoms with E-state index in [2.05, 4.69) is 22.8 Å².